The van der Waals surface area contributed by atoms with Crippen LogP contribution in [0, 0.1) is 0 Å². The number of benzene rings is 3. The summed E-state index contributed by atoms with van der Waals surface area (Å²) in [5.74, 6) is 0.475. The van der Waals surface area contributed by atoms with E-state index in [0.29, 0.717) is 5.75 Å². The number of amides is 1. The van der Waals surface area contributed by atoms with Crippen molar-refractivity contribution in [1.82, 2.24) is 4.98 Å². The molecule has 0 radical (unpaired) electrons. The fourth-order valence-electron chi connectivity index (χ4n) is 3.01. The van der Waals surface area contributed by atoms with Crippen molar-refractivity contribution in [3.63, 3.8) is 0 Å². The van der Waals surface area contributed by atoms with Crippen LogP contribution in [0.3, 0.4) is 0 Å². The van der Waals surface area contributed by atoms with Crippen LogP contribution < -0.4 is 10.1 Å². The molecule has 4 heteroatoms. The number of anilines is 1. The summed E-state index contributed by atoms with van der Waals surface area (Å²) in [7, 11) is 0. The molecule has 0 saturated carbocycles. The van der Waals surface area contributed by atoms with Gasteiger partial charge in [-0.15, -0.1) is 0 Å². The van der Waals surface area contributed by atoms with Crippen molar-refractivity contribution in [2.75, 3.05) is 11.9 Å². The number of pyridine rings is 1. The van der Waals surface area contributed by atoms with E-state index in [1.54, 1.807) is 12.4 Å². The topological polar surface area (TPSA) is 51.2 Å². The van der Waals surface area contributed by atoms with E-state index in [1.807, 2.05) is 78.9 Å². The van der Waals surface area contributed by atoms with E-state index in [2.05, 4.69) is 10.3 Å². The zero-order valence-electron chi connectivity index (χ0n) is 14.6. The molecule has 1 N–H and O–H groups in total. The first-order valence-electron chi connectivity index (χ1n) is 8.71. The van der Waals surface area contributed by atoms with Crippen LogP contribution in [0.25, 0.3) is 21.9 Å². The molecule has 0 aliphatic heterocycles. The molecule has 1 heterocycles. The van der Waals surface area contributed by atoms with Gasteiger partial charge in [0.25, 0.3) is 5.91 Å². The highest BCUT2D eigenvalue weighted by molar-refractivity contribution is 6.02. The van der Waals surface area contributed by atoms with Gasteiger partial charge in [0.15, 0.2) is 6.61 Å². The summed E-state index contributed by atoms with van der Waals surface area (Å²) in [5, 5.41) is 4.85. The molecule has 4 nitrogen and oxygen atoms in total. The van der Waals surface area contributed by atoms with Gasteiger partial charge in [-0.05, 0) is 23.8 Å². The van der Waals surface area contributed by atoms with Gasteiger partial charge in [0.1, 0.15) is 5.75 Å². The molecule has 1 aromatic heterocycles. The van der Waals surface area contributed by atoms with Gasteiger partial charge in [0.05, 0.1) is 0 Å². The third kappa shape index (κ3) is 3.80. The second-order valence-electron chi connectivity index (χ2n) is 6.10. The van der Waals surface area contributed by atoms with Crippen LogP contribution >= 0.6 is 0 Å². The smallest absolute Gasteiger partial charge is 0.262 e. The van der Waals surface area contributed by atoms with Crippen LogP contribution in [0.15, 0.2) is 91.3 Å². The van der Waals surface area contributed by atoms with Gasteiger partial charge in [-0.2, -0.15) is 0 Å². The van der Waals surface area contributed by atoms with Crippen LogP contribution in [0.2, 0.25) is 0 Å². The average molecular weight is 354 g/mol. The highest BCUT2D eigenvalue weighted by Crippen LogP contribution is 2.29. The van der Waals surface area contributed by atoms with Crippen molar-refractivity contribution in [3.8, 4) is 16.9 Å². The van der Waals surface area contributed by atoms with Crippen molar-refractivity contribution in [3.05, 3.63) is 91.3 Å². The number of ether oxygens (including phenoxy) is 1. The Morgan fingerprint density at radius 1 is 0.889 bits per heavy atom. The number of nitrogens with zero attached hydrogens (tertiary/aromatic N) is 1. The minimum Gasteiger partial charge on any atom is -0.483 e. The monoisotopic (exact) mass is 354 g/mol. The second-order valence-corrected chi connectivity index (χ2v) is 6.10. The van der Waals surface area contributed by atoms with E-state index in [4.69, 9.17) is 4.74 Å². The van der Waals surface area contributed by atoms with E-state index >= 15 is 0 Å². The predicted molar refractivity (Wildman–Crippen MR) is 108 cm³/mol. The molecule has 0 atom stereocenters. The van der Waals surface area contributed by atoms with Gasteiger partial charge in [-0.3, -0.25) is 9.78 Å². The molecule has 0 saturated heterocycles. The molecule has 0 fully saturated rings. The van der Waals surface area contributed by atoms with E-state index in [1.165, 1.54) is 0 Å². The molecular formula is C23H18N2O2. The number of nitrogens with one attached hydrogen (secondary N) is 1. The molecule has 0 spiro atoms. The van der Waals surface area contributed by atoms with Crippen molar-refractivity contribution in [2.45, 2.75) is 0 Å². The molecule has 1 amide bonds. The zero-order valence-corrected chi connectivity index (χ0v) is 14.6. The molecule has 132 valence electrons. The van der Waals surface area contributed by atoms with E-state index < -0.39 is 0 Å². The Kier molecular flexibility index (Phi) is 4.79. The number of hydrogen-bond acceptors (Lipinski definition) is 3. The van der Waals surface area contributed by atoms with Gasteiger partial charge < -0.3 is 10.1 Å². The Hall–Kier alpha value is -3.66. The number of carbonyl (C=O) groups excluding carboxylic acids is 1. The number of carbonyl (C=O) groups is 1. The van der Waals surface area contributed by atoms with Crippen molar-refractivity contribution in [1.29, 1.82) is 0 Å². The summed E-state index contributed by atoms with van der Waals surface area (Å²) in [6, 6.07) is 25.3. The molecule has 0 bridgehead atoms. The first-order chi connectivity index (χ1) is 13.3. The Bertz CT molecular complexity index is 1070. The summed E-state index contributed by atoms with van der Waals surface area (Å²) < 4.78 is 5.81. The Morgan fingerprint density at radius 3 is 2.59 bits per heavy atom. The third-order valence-electron chi connectivity index (χ3n) is 4.29. The second kappa shape index (κ2) is 7.70. The van der Waals surface area contributed by atoms with Crippen molar-refractivity contribution >= 4 is 22.4 Å². The normalized spacial score (nSPS) is 10.5. The Morgan fingerprint density at radius 2 is 1.70 bits per heavy atom. The highest BCUT2D eigenvalue weighted by Gasteiger charge is 2.10. The quantitative estimate of drug-likeness (QED) is 0.553. The van der Waals surface area contributed by atoms with Gasteiger partial charge in [0, 0.05) is 34.4 Å². The molecule has 0 aliphatic rings. The molecule has 3 aromatic carbocycles. The zero-order chi connectivity index (χ0) is 18.5. The highest BCUT2D eigenvalue weighted by atomic mass is 16.5. The van der Waals surface area contributed by atoms with Crippen LogP contribution in [-0.4, -0.2) is 17.5 Å². The Balaban J connectivity index is 1.49. The molecule has 4 rings (SSSR count). The fourth-order valence-corrected chi connectivity index (χ4v) is 3.01. The van der Waals surface area contributed by atoms with Crippen LogP contribution in [0.1, 0.15) is 0 Å². The van der Waals surface area contributed by atoms with E-state index in [-0.39, 0.29) is 12.5 Å². The number of rotatable bonds is 5. The van der Waals surface area contributed by atoms with E-state index in [0.717, 1.165) is 27.6 Å². The number of para-hydroxylation sites is 1. The van der Waals surface area contributed by atoms with Gasteiger partial charge in [0.2, 0.25) is 0 Å². The van der Waals surface area contributed by atoms with Crippen LogP contribution in [0.4, 0.5) is 5.69 Å². The number of fused-ring (bicyclic) bond motifs is 1. The number of hydrogen-bond donors (Lipinski definition) is 1. The summed E-state index contributed by atoms with van der Waals surface area (Å²) in [4.78, 5) is 16.5. The molecule has 27 heavy (non-hydrogen) atoms. The molecule has 4 aromatic rings. The molecular weight excluding hydrogens is 336 g/mol. The van der Waals surface area contributed by atoms with Crippen molar-refractivity contribution < 1.29 is 9.53 Å². The predicted octanol–water partition coefficient (Wildman–Crippen LogP) is 4.92. The summed E-state index contributed by atoms with van der Waals surface area (Å²) in [5.41, 5.74) is 2.76. The Labute approximate surface area is 157 Å². The minimum absolute atomic E-state index is 0.0642. The lowest BCUT2D eigenvalue weighted by molar-refractivity contribution is -0.118. The number of aromatic nitrogens is 1. The van der Waals surface area contributed by atoms with Gasteiger partial charge in [-0.25, -0.2) is 0 Å². The first-order valence-corrected chi connectivity index (χ1v) is 8.71. The lowest BCUT2D eigenvalue weighted by atomic mass is 10.1. The molecule has 0 aliphatic carbocycles. The lowest BCUT2D eigenvalue weighted by Gasteiger charge is -2.12. The van der Waals surface area contributed by atoms with E-state index in [9.17, 15) is 4.79 Å². The van der Waals surface area contributed by atoms with Crippen LogP contribution in [-0.2, 0) is 4.79 Å². The largest absolute Gasteiger partial charge is 0.483 e. The maximum absolute atomic E-state index is 12.4. The van der Waals surface area contributed by atoms with Crippen LogP contribution in [0.5, 0.6) is 5.75 Å². The maximum atomic E-state index is 12.4. The average Bonchev–Trinajstić information content (AvgIpc) is 2.73. The lowest BCUT2D eigenvalue weighted by Crippen LogP contribution is -2.20. The summed E-state index contributed by atoms with van der Waals surface area (Å²) in [6.07, 6.45) is 3.49. The SMILES string of the molecule is O=C(COc1ccccc1-c1ccccc1)Nc1cccc2cnccc12. The fraction of sp³-hybridized carbons (Fsp3) is 0.0435. The maximum Gasteiger partial charge on any atom is 0.262 e. The first kappa shape index (κ1) is 16.8. The van der Waals surface area contributed by atoms with Gasteiger partial charge in [-0.1, -0.05) is 60.7 Å². The third-order valence-corrected chi connectivity index (χ3v) is 4.29. The minimum atomic E-state index is -0.206. The standard InChI is InChI=1S/C23H18N2O2/c26-23(25-21-11-6-9-18-15-24-14-13-19(18)21)16-27-22-12-5-4-10-20(22)17-7-2-1-3-8-17/h1-15H,16H2,(H,25,26). The van der Waals surface area contributed by atoms with Crippen molar-refractivity contribution in [2.24, 2.45) is 0 Å². The summed E-state index contributed by atoms with van der Waals surface area (Å²) in [6.45, 7) is -0.0642. The summed E-state index contributed by atoms with van der Waals surface area (Å²) >= 11 is 0. The molecule has 0 unspecified atom stereocenters. The van der Waals surface area contributed by atoms with Gasteiger partial charge >= 0.3 is 0 Å².